The summed E-state index contributed by atoms with van der Waals surface area (Å²) >= 11 is 0. The van der Waals surface area contributed by atoms with Crippen LogP contribution < -0.4 is 10.6 Å². The summed E-state index contributed by atoms with van der Waals surface area (Å²) in [5.41, 5.74) is 4.26. The third-order valence-electron chi connectivity index (χ3n) is 13.0. The number of nitrogens with one attached hydrogen (secondary N) is 4. The number of benzene rings is 3. The van der Waals surface area contributed by atoms with E-state index in [0.29, 0.717) is 97.2 Å². The lowest BCUT2D eigenvalue weighted by Crippen LogP contribution is -2.53. The van der Waals surface area contributed by atoms with E-state index in [1.807, 2.05) is 60.7 Å². The maximum atomic E-state index is 16.0. The molecule has 3 aliphatic heterocycles. The van der Waals surface area contributed by atoms with Crippen LogP contribution in [-0.2, 0) is 23.8 Å². The van der Waals surface area contributed by atoms with Gasteiger partial charge in [0.1, 0.15) is 35.2 Å². The summed E-state index contributed by atoms with van der Waals surface area (Å²) in [5.74, 6) is 0.286. The van der Waals surface area contributed by atoms with E-state index in [-0.39, 0.29) is 29.8 Å². The van der Waals surface area contributed by atoms with Crippen LogP contribution in [0.25, 0.3) is 44.7 Å². The molecule has 6 heterocycles. The summed E-state index contributed by atoms with van der Waals surface area (Å²) in [5, 5.41) is 6.43. The Kier molecular flexibility index (Phi) is 13.3. The van der Waals surface area contributed by atoms with Gasteiger partial charge in [0.2, 0.25) is 5.91 Å². The Balaban J connectivity index is 0.880. The summed E-state index contributed by atoms with van der Waals surface area (Å²) in [6.07, 6.45) is 6.33. The van der Waals surface area contributed by atoms with Crippen LogP contribution in [0.1, 0.15) is 94.6 Å². The predicted octanol–water partition coefficient (Wildman–Crippen LogP) is 8.57. The van der Waals surface area contributed by atoms with Crippen LogP contribution in [0.5, 0.6) is 0 Å². The predicted molar refractivity (Wildman–Crippen MR) is 251 cm³/mol. The molecule has 3 aromatic heterocycles. The number of carbonyl (C=O) groups is 4. The molecule has 0 radical (unpaired) electrons. The van der Waals surface area contributed by atoms with Crippen LogP contribution in [0.3, 0.4) is 0 Å². The second-order valence-corrected chi connectivity index (χ2v) is 18.6. The quantitative estimate of drug-likeness (QED) is 0.0977. The number of alkyl carbamates (subject to hydrolysis) is 2. The topological polar surface area (TPSA) is 197 Å². The van der Waals surface area contributed by atoms with Crippen molar-refractivity contribution in [2.45, 2.75) is 89.1 Å². The van der Waals surface area contributed by atoms with Gasteiger partial charge in [-0.2, -0.15) is 0 Å². The molecule has 0 bridgehead atoms. The molecule has 3 fully saturated rings. The van der Waals surface area contributed by atoms with Crippen molar-refractivity contribution in [3.63, 3.8) is 0 Å². The zero-order valence-electron chi connectivity index (χ0n) is 38.6. The summed E-state index contributed by atoms with van der Waals surface area (Å²) in [7, 11) is 1.28. The van der Waals surface area contributed by atoms with Gasteiger partial charge in [0, 0.05) is 48.4 Å². The van der Waals surface area contributed by atoms with Gasteiger partial charge in [0.15, 0.2) is 0 Å². The van der Waals surface area contributed by atoms with E-state index in [1.54, 1.807) is 55.1 Å². The number of H-pyrrole nitrogens is 2. The third-order valence-corrected chi connectivity index (χ3v) is 13.0. The number of hydrogen-bond donors (Lipinski definition) is 4. The fraction of sp³-hybridized carbons (Fsp3) is 0.392. The van der Waals surface area contributed by atoms with Crippen LogP contribution in [0, 0.1) is 11.7 Å². The lowest BCUT2D eigenvalue weighted by atomic mass is 9.90. The Morgan fingerprint density at radius 3 is 2.03 bits per heavy atom. The number of ether oxygens (including phenoxy) is 3. The third kappa shape index (κ3) is 9.93. The first-order chi connectivity index (χ1) is 32.8. The van der Waals surface area contributed by atoms with E-state index in [9.17, 15) is 19.2 Å². The number of imidazole rings is 2. The van der Waals surface area contributed by atoms with Gasteiger partial charge >= 0.3 is 12.2 Å². The maximum Gasteiger partial charge on any atom is 0.408 e. The number of nitrogens with zero attached hydrogens (tertiary/aromatic N) is 5. The fourth-order valence-electron chi connectivity index (χ4n) is 9.59. The summed E-state index contributed by atoms with van der Waals surface area (Å²) < 4.78 is 31.9. The van der Waals surface area contributed by atoms with Crippen molar-refractivity contribution < 1.29 is 37.8 Å². The van der Waals surface area contributed by atoms with Gasteiger partial charge < -0.3 is 44.6 Å². The number of halogens is 1. The second-order valence-electron chi connectivity index (χ2n) is 18.6. The van der Waals surface area contributed by atoms with Gasteiger partial charge in [-0.3, -0.25) is 9.59 Å². The number of hydrogen-bond acceptors (Lipinski definition) is 10. The lowest BCUT2D eigenvalue weighted by molar-refractivity contribution is -0.137. The number of pyridine rings is 1. The summed E-state index contributed by atoms with van der Waals surface area (Å²) in [6.45, 7) is 7.41. The number of fused-ring (bicyclic) bond motifs is 1. The molecule has 0 spiro atoms. The fourth-order valence-corrected chi connectivity index (χ4v) is 9.59. The average molecular weight is 926 g/mol. The molecule has 3 aromatic carbocycles. The van der Waals surface area contributed by atoms with Crippen molar-refractivity contribution in [3.8, 4) is 33.8 Å². The van der Waals surface area contributed by atoms with E-state index in [2.05, 4.69) is 25.6 Å². The van der Waals surface area contributed by atoms with Crippen molar-refractivity contribution in [3.05, 3.63) is 114 Å². The van der Waals surface area contributed by atoms with Gasteiger partial charge in [-0.25, -0.2) is 28.9 Å². The Labute approximate surface area is 393 Å². The first-order valence-electron chi connectivity index (χ1n) is 23.2. The van der Waals surface area contributed by atoms with E-state index < -0.39 is 35.7 Å². The molecule has 3 aliphatic rings. The van der Waals surface area contributed by atoms with E-state index in [1.165, 1.54) is 13.2 Å². The highest BCUT2D eigenvalue weighted by atomic mass is 19.1. The molecule has 0 unspecified atom stereocenters. The van der Waals surface area contributed by atoms with Crippen molar-refractivity contribution in [1.82, 2.24) is 45.4 Å². The summed E-state index contributed by atoms with van der Waals surface area (Å²) in [4.78, 5) is 77.9. The normalized spacial score (nSPS) is 18.6. The van der Waals surface area contributed by atoms with Crippen LogP contribution in [0.15, 0.2) is 91.3 Å². The second kappa shape index (κ2) is 19.6. The molecule has 0 aliphatic carbocycles. The Hall–Kier alpha value is -7.14. The van der Waals surface area contributed by atoms with Crippen LogP contribution in [-0.4, -0.2) is 104 Å². The number of likely N-dealkylation sites (tertiary alicyclic amines) is 2. The molecule has 354 valence electrons. The van der Waals surface area contributed by atoms with E-state index in [4.69, 9.17) is 24.2 Å². The SMILES string of the molecule is COC(=O)N[C@H](C(=O)N1CCC[C@H]1c1ncc(-c2ccc(-c3ccc4cc(-c5cnc([C@@H]6CCCN6C(=O)[C@H](NC(=O)OC(C)(C)C)c6ccccc6)[nH]5)ccc4n3)c(F)c2)[nH]1)C1CCOCC1. The lowest BCUT2D eigenvalue weighted by Gasteiger charge is -2.34. The molecule has 17 heteroatoms. The molecule has 6 aromatic rings. The molecule has 3 saturated heterocycles. The van der Waals surface area contributed by atoms with Crippen molar-refractivity contribution >= 4 is 34.9 Å². The first-order valence-corrected chi connectivity index (χ1v) is 23.2. The number of amides is 4. The standard InChI is InChI=1S/C51H56FN9O7/c1-51(2,3)68-50(65)59-43(30-10-6-5-7-11-30)47(62)60-22-8-12-41(60)45-53-28-39(56-45)33-15-18-37-32(26-33)16-19-38(55-37)35-17-14-34(27-36(35)52)40-29-54-46(57-40)42-13-9-23-61(42)48(63)44(58-49(64)66-4)31-20-24-67-25-21-31/h5-7,10-11,14-19,26-29,31,41-44H,8-9,12-13,20-25H2,1-4H3,(H,53,56)(H,54,57)(H,58,64)(H,59,65)/t41-,42-,43+,44-/m0/s1. The highest BCUT2D eigenvalue weighted by Gasteiger charge is 2.41. The van der Waals surface area contributed by atoms with Gasteiger partial charge in [-0.1, -0.05) is 48.5 Å². The van der Waals surface area contributed by atoms with Crippen molar-refractivity contribution in [2.24, 2.45) is 5.92 Å². The minimum absolute atomic E-state index is 0.0794. The molecule has 4 atom stereocenters. The molecule has 9 rings (SSSR count). The average Bonchev–Trinajstić information content (AvgIpc) is 4.19. The van der Waals surface area contributed by atoms with E-state index >= 15 is 4.39 Å². The van der Waals surface area contributed by atoms with E-state index in [0.717, 1.165) is 29.5 Å². The molecule has 0 saturated carbocycles. The minimum atomic E-state index is -0.940. The minimum Gasteiger partial charge on any atom is -0.453 e. The highest BCUT2D eigenvalue weighted by Crippen LogP contribution is 2.37. The monoisotopic (exact) mass is 925 g/mol. The number of rotatable bonds is 11. The van der Waals surface area contributed by atoms with Gasteiger partial charge in [0.05, 0.1) is 54.2 Å². The molecular weight excluding hydrogens is 870 g/mol. The molecule has 4 N–H and O–H groups in total. The smallest absolute Gasteiger partial charge is 0.408 e. The van der Waals surface area contributed by atoms with Crippen molar-refractivity contribution in [2.75, 3.05) is 33.4 Å². The number of aromatic nitrogens is 5. The van der Waals surface area contributed by atoms with Crippen molar-refractivity contribution in [1.29, 1.82) is 0 Å². The van der Waals surface area contributed by atoms with Crippen LogP contribution >= 0.6 is 0 Å². The number of aromatic amines is 2. The Morgan fingerprint density at radius 2 is 1.40 bits per heavy atom. The van der Waals surface area contributed by atoms with Gasteiger partial charge in [-0.15, -0.1) is 0 Å². The number of carbonyl (C=O) groups excluding carboxylic acids is 4. The number of methoxy groups -OCH3 is 1. The largest absolute Gasteiger partial charge is 0.453 e. The molecular formula is C51H56FN9O7. The zero-order valence-corrected chi connectivity index (χ0v) is 38.6. The molecule has 68 heavy (non-hydrogen) atoms. The van der Waals surface area contributed by atoms with Gasteiger partial charge in [-0.05, 0) is 101 Å². The zero-order chi connectivity index (χ0) is 47.5. The molecule has 16 nitrogen and oxygen atoms in total. The van der Waals surface area contributed by atoms with Gasteiger partial charge in [0.25, 0.3) is 5.91 Å². The Morgan fingerprint density at radius 1 is 0.765 bits per heavy atom. The molecule has 4 amide bonds. The van der Waals surface area contributed by atoms with Crippen LogP contribution in [0.4, 0.5) is 14.0 Å². The first kappa shape index (κ1) is 46.0. The maximum absolute atomic E-state index is 16.0. The summed E-state index contributed by atoms with van der Waals surface area (Å²) in [6, 6.07) is 21.3. The Bertz CT molecular complexity index is 2800. The van der Waals surface area contributed by atoms with Crippen LogP contribution in [0.2, 0.25) is 0 Å². The highest BCUT2D eigenvalue weighted by molar-refractivity contribution is 5.89.